The number of aryl methyl sites for hydroxylation is 1. The number of nitrogens with zero attached hydrogens (tertiary/aromatic N) is 6. The van der Waals surface area contributed by atoms with Crippen LogP contribution in [0.1, 0.15) is 76.2 Å². The van der Waals surface area contributed by atoms with Crippen molar-refractivity contribution in [3.63, 3.8) is 0 Å². The number of hydrogen-bond acceptors (Lipinski definition) is 7. The molecule has 5 rings (SSSR count). The van der Waals surface area contributed by atoms with Crippen molar-refractivity contribution < 1.29 is 9.18 Å². The number of amides is 1. The molecule has 2 fully saturated rings. The molecule has 0 spiro atoms. The molecular weight excluding hydrogens is 529 g/mol. The van der Waals surface area contributed by atoms with E-state index in [9.17, 15) is 9.18 Å². The Morgan fingerprint density at radius 2 is 1.62 bits per heavy atom. The van der Waals surface area contributed by atoms with E-state index in [2.05, 4.69) is 45.8 Å². The van der Waals surface area contributed by atoms with Crippen LogP contribution in [0.4, 0.5) is 22.0 Å². The number of carbonyl (C=O) groups excluding carboxylic acids is 1. The van der Waals surface area contributed by atoms with E-state index in [1.54, 1.807) is 25.4 Å². The van der Waals surface area contributed by atoms with E-state index >= 15 is 0 Å². The molecule has 42 heavy (non-hydrogen) atoms. The van der Waals surface area contributed by atoms with Crippen LogP contribution in [0.25, 0.3) is 11.3 Å². The Labute approximate surface area is 251 Å². The predicted molar refractivity (Wildman–Crippen MR) is 172 cm³/mol. The molecule has 0 bridgehead atoms. The topological polar surface area (TPSA) is 77.5 Å². The summed E-state index contributed by atoms with van der Waals surface area (Å²) in [6.45, 7) is 16.7. The molecule has 1 atom stereocenters. The first-order valence-electron chi connectivity index (χ1n) is 15.4. The molecule has 1 amide bonds. The monoisotopic (exact) mass is 577 g/mol. The molecule has 2 saturated heterocycles. The standard InChI is InChI=1S/C27H32FN7O.C4H10.C2H6/c1-18-15-21(26(36)29-3)17-30-25(18)34-13-11-33(12-14-34)24-16-23(20-6-8-22(28)9-7-20)31-27(32-24)35-10-4-5-19(35)2;1-3-4-2;1-2/h6-9,15-17,19H,4-5,10-14H2,1-3H3,(H,29,36);3-4H2,1-2H3;1-2H3. The predicted octanol–water partition coefficient (Wildman–Crippen LogP) is 6.49. The zero-order chi connectivity index (χ0) is 30.6. The van der Waals surface area contributed by atoms with Gasteiger partial charge in [0.15, 0.2) is 0 Å². The van der Waals surface area contributed by atoms with Crippen LogP contribution < -0.4 is 20.0 Å². The van der Waals surface area contributed by atoms with E-state index in [1.807, 2.05) is 32.9 Å². The van der Waals surface area contributed by atoms with Gasteiger partial charge >= 0.3 is 0 Å². The molecule has 0 saturated carbocycles. The van der Waals surface area contributed by atoms with E-state index in [4.69, 9.17) is 9.97 Å². The van der Waals surface area contributed by atoms with E-state index in [0.29, 0.717) is 11.6 Å². The first-order chi connectivity index (χ1) is 20.3. The molecule has 1 N–H and O–H groups in total. The normalized spacial score (nSPS) is 16.3. The first-order valence-corrected chi connectivity index (χ1v) is 15.4. The van der Waals surface area contributed by atoms with Gasteiger partial charge in [-0.05, 0) is 62.6 Å². The number of anilines is 3. The summed E-state index contributed by atoms with van der Waals surface area (Å²) >= 11 is 0. The second-order valence-corrected chi connectivity index (χ2v) is 10.5. The smallest absolute Gasteiger partial charge is 0.252 e. The van der Waals surface area contributed by atoms with Gasteiger partial charge in [-0.3, -0.25) is 4.79 Å². The Hall–Kier alpha value is -3.75. The second kappa shape index (κ2) is 16.0. The van der Waals surface area contributed by atoms with Gasteiger partial charge in [0.1, 0.15) is 17.5 Å². The largest absolute Gasteiger partial charge is 0.355 e. The van der Waals surface area contributed by atoms with Gasteiger partial charge in [0.2, 0.25) is 5.95 Å². The molecule has 0 radical (unpaired) electrons. The Morgan fingerprint density at radius 3 is 2.17 bits per heavy atom. The maximum absolute atomic E-state index is 13.6. The maximum Gasteiger partial charge on any atom is 0.252 e. The van der Waals surface area contributed by atoms with Crippen LogP contribution in [-0.2, 0) is 0 Å². The molecule has 1 aromatic carbocycles. The SMILES string of the molecule is CC.CCCC.CNC(=O)c1cnc(N2CCN(c3cc(-c4ccc(F)cc4)nc(N4CCCC4C)n3)CC2)c(C)c1. The van der Waals surface area contributed by atoms with Crippen LogP contribution in [0, 0.1) is 12.7 Å². The lowest BCUT2D eigenvalue weighted by Gasteiger charge is -2.37. The van der Waals surface area contributed by atoms with Crippen LogP contribution in [0.5, 0.6) is 0 Å². The maximum atomic E-state index is 13.6. The van der Waals surface area contributed by atoms with Gasteiger partial charge in [-0.25, -0.2) is 14.4 Å². The quantitative estimate of drug-likeness (QED) is 0.359. The third kappa shape index (κ3) is 8.17. The number of halogens is 1. The Bertz CT molecular complexity index is 1270. The fourth-order valence-electron chi connectivity index (χ4n) is 5.03. The lowest BCUT2D eigenvalue weighted by atomic mass is 10.1. The number of unbranched alkanes of at least 4 members (excludes halogenated alkanes) is 1. The average Bonchev–Trinajstić information content (AvgIpc) is 3.47. The third-order valence-corrected chi connectivity index (χ3v) is 7.59. The zero-order valence-corrected chi connectivity index (χ0v) is 26.5. The fourth-order valence-corrected chi connectivity index (χ4v) is 5.03. The summed E-state index contributed by atoms with van der Waals surface area (Å²) in [5, 5.41) is 2.64. The number of piperazine rings is 1. The lowest BCUT2D eigenvalue weighted by molar-refractivity contribution is 0.0962. The Morgan fingerprint density at radius 1 is 0.976 bits per heavy atom. The fraction of sp³-hybridized carbons (Fsp3) is 0.515. The van der Waals surface area contributed by atoms with Crippen molar-refractivity contribution in [1.29, 1.82) is 0 Å². The van der Waals surface area contributed by atoms with Crippen molar-refractivity contribution >= 4 is 23.5 Å². The van der Waals surface area contributed by atoms with E-state index in [0.717, 1.165) is 80.0 Å². The van der Waals surface area contributed by atoms with Gasteiger partial charge in [-0.2, -0.15) is 4.98 Å². The number of carbonyl (C=O) groups is 1. The van der Waals surface area contributed by atoms with Crippen molar-refractivity contribution in [2.24, 2.45) is 0 Å². The highest BCUT2D eigenvalue weighted by Crippen LogP contribution is 2.30. The van der Waals surface area contributed by atoms with Crippen molar-refractivity contribution in [2.45, 2.75) is 73.3 Å². The summed E-state index contributed by atoms with van der Waals surface area (Å²) in [5.74, 6) is 2.14. The second-order valence-electron chi connectivity index (χ2n) is 10.5. The summed E-state index contributed by atoms with van der Waals surface area (Å²) in [5.41, 5.74) is 3.23. The average molecular weight is 578 g/mol. The minimum Gasteiger partial charge on any atom is -0.355 e. The highest BCUT2D eigenvalue weighted by Gasteiger charge is 2.26. The lowest BCUT2D eigenvalue weighted by Crippen LogP contribution is -2.47. The first kappa shape index (κ1) is 32.8. The molecule has 9 heteroatoms. The van der Waals surface area contributed by atoms with Crippen LogP contribution in [-0.4, -0.2) is 66.7 Å². The van der Waals surface area contributed by atoms with Gasteiger partial charge in [0.25, 0.3) is 5.91 Å². The third-order valence-electron chi connectivity index (χ3n) is 7.59. The minimum absolute atomic E-state index is 0.134. The molecule has 2 aliphatic rings. The molecule has 1 unspecified atom stereocenters. The highest BCUT2D eigenvalue weighted by molar-refractivity contribution is 5.94. The van der Waals surface area contributed by atoms with Crippen molar-refractivity contribution in [2.75, 3.05) is 54.5 Å². The van der Waals surface area contributed by atoms with Crippen LogP contribution in [0.2, 0.25) is 0 Å². The summed E-state index contributed by atoms with van der Waals surface area (Å²) in [6.07, 6.45) is 6.53. The number of pyridine rings is 1. The summed E-state index contributed by atoms with van der Waals surface area (Å²) in [6, 6.07) is 10.8. The van der Waals surface area contributed by atoms with Crippen molar-refractivity contribution in [3.8, 4) is 11.3 Å². The Balaban J connectivity index is 0.000000745. The summed E-state index contributed by atoms with van der Waals surface area (Å²) in [7, 11) is 1.62. The number of aromatic nitrogens is 3. The van der Waals surface area contributed by atoms with E-state index < -0.39 is 0 Å². The zero-order valence-electron chi connectivity index (χ0n) is 26.5. The minimum atomic E-state index is -0.259. The molecule has 228 valence electrons. The highest BCUT2D eigenvalue weighted by atomic mass is 19.1. The van der Waals surface area contributed by atoms with E-state index in [1.165, 1.54) is 25.0 Å². The van der Waals surface area contributed by atoms with E-state index in [-0.39, 0.29) is 11.7 Å². The number of rotatable bonds is 6. The van der Waals surface area contributed by atoms with Crippen LogP contribution in [0.15, 0.2) is 42.6 Å². The molecule has 4 heterocycles. The molecule has 2 aliphatic heterocycles. The number of nitrogens with one attached hydrogen (secondary N) is 1. The van der Waals surface area contributed by atoms with Gasteiger partial charge in [-0.15, -0.1) is 0 Å². The number of benzene rings is 1. The molecule has 2 aromatic heterocycles. The van der Waals surface area contributed by atoms with Crippen LogP contribution in [0.3, 0.4) is 0 Å². The van der Waals surface area contributed by atoms with Crippen molar-refractivity contribution in [1.82, 2.24) is 20.3 Å². The summed E-state index contributed by atoms with van der Waals surface area (Å²) < 4.78 is 13.6. The number of hydrogen-bond donors (Lipinski definition) is 1. The van der Waals surface area contributed by atoms with Gasteiger partial charge in [0.05, 0.1) is 11.3 Å². The summed E-state index contributed by atoms with van der Waals surface area (Å²) in [4.78, 5) is 33.2. The van der Waals surface area contributed by atoms with Crippen molar-refractivity contribution in [3.05, 3.63) is 59.5 Å². The van der Waals surface area contributed by atoms with Gasteiger partial charge < -0.3 is 20.0 Å². The molecule has 3 aromatic rings. The van der Waals surface area contributed by atoms with Gasteiger partial charge in [0, 0.05) is 63.6 Å². The molecular formula is C33H48FN7O. The molecule has 0 aliphatic carbocycles. The van der Waals surface area contributed by atoms with Gasteiger partial charge in [-0.1, -0.05) is 40.5 Å². The molecule has 8 nitrogen and oxygen atoms in total. The van der Waals surface area contributed by atoms with Crippen LogP contribution >= 0.6 is 0 Å². The Kier molecular flexibility index (Phi) is 12.5.